The smallest absolute Gasteiger partial charge is 0.254 e. The molecular formula is C12H14N2O3. The Morgan fingerprint density at radius 1 is 1.47 bits per heavy atom. The average Bonchev–Trinajstić information content (AvgIpc) is 2.66. The monoisotopic (exact) mass is 234 g/mol. The average molecular weight is 234 g/mol. The zero-order valence-corrected chi connectivity index (χ0v) is 9.74. The molecule has 5 nitrogen and oxygen atoms in total. The van der Waals surface area contributed by atoms with Gasteiger partial charge in [0, 0.05) is 19.0 Å². The maximum Gasteiger partial charge on any atom is 0.254 e. The van der Waals surface area contributed by atoms with Gasteiger partial charge in [-0.15, -0.1) is 0 Å². The molecule has 3 N–H and O–H groups in total. The molecule has 1 aliphatic heterocycles. The Morgan fingerprint density at radius 3 is 2.76 bits per heavy atom. The van der Waals surface area contributed by atoms with Crippen molar-refractivity contribution in [1.82, 2.24) is 5.32 Å². The van der Waals surface area contributed by atoms with Crippen LogP contribution < -0.4 is 15.8 Å². The number of ether oxygens (including phenoxy) is 1. The highest BCUT2D eigenvalue weighted by Crippen LogP contribution is 2.33. The summed E-state index contributed by atoms with van der Waals surface area (Å²) in [6.07, 6.45) is 0.692. The Labute approximate surface area is 98.9 Å². The van der Waals surface area contributed by atoms with Gasteiger partial charge in [-0.25, -0.2) is 0 Å². The van der Waals surface area contributed by atoms with Crippen LogP contribution in [0.4, 0.5) is 0 Å². The molecule has 1 unspecified atom stereocenters. The lowest BCUT2D eigenvalue weighted by Crippen LogP contribution is -2.20. The Bertz CT molecular complexity index is 497. The van der Waals surface area contributed by atoms with E-state index in [9.17, 15) is 9.59 Å². The number of hydrogen-bond donors (Lipinski definition) is 2. The second-order valence-corrected chi connectivity index (χ2v) is 4.09. The summed E-state index contributed by atoms with van der Waals surface area (Å²) in [5.41, 5.74) is 6.79. The molecule has 1 heterocycles. The molecule has 90 valence electrons. The maximum atomic E-state index is 11.7. The third-order valence-corrected chi connectivity index (χ3v) is 2.75. The summed E-state index contributed by atoms with van der Waals surface area (Å²) in [6.45, 7) is 1.91. The van der Waals surface area contributed by atoms with Crippen molar-refractivity contribution in [3.05, 3.63) is 28.8 Å². The molecule has 0 aliphatic carbocycles. The Morgan fingerprint density at radius 2 is 2.18 bits per heavy atom. The van der Waals surface area contributed by atoms with Crippen LogP contribution in [0.1, 0.15) is 33.2 Å². The second kappa shape index (κ2) is 4.08. The zero-order chi connectivity index (χ0) is 12.6. The molecule has 2 amide bonds. The standard InChI is InChI=1S/C12H14N2O3/c1-6-3-7-4-8(11(13)15)5-9(10(7)17-6)12(16)14-2/h4-6H,3H2,1-2H3,(H2,13,15)(H,14,16). The molecule has 1 aromatic rings. The van der Waals surface area contributed by atoms with Gasteiger partial charge in [-0.05, 0) is 24.6 Å². The van der Waals surface area contributed by atoms with Gasteiger partial charge < -0.3 is 15.8 Å². The Hall–Kier alpha value is -2.04. The number of nitrogens with one attached hydrogen (secondary N) is 1. The summed E-state index contributed by atoms with van der Waals surface area (Å²) >= 11 is 0. The number of carbonyl (C=O) groups excluding carboxylic acids is 2. The predicted molar refractivity (Wildman–Crippen MR) is 62.1 cm³/mol. The van der Waals surface area contributed by atoms with E-state index in [-0.39, 0.29) is 12.0 Å². The molecule has 0 bridgehead atoms. The topological polar surface area (TPSA) is 81.4 Å². The number of primary amides is 1. The first-order valence-electron chi connectivity index (χ1n) is 5.38. The lowest BCUT2D eigenvalue weighted by atomic mass is 10.0. The fourth-order valence-electron chi connectivity index (χ4n) is 1.98. The van der Waals surface area contributed by atoms with Crippen LogP contribution in [0.25, 0.3) is 0 Å². The number of carbonyl (C=O) groups is 2. The van der Waals surface area contributed by atoms with Crippen molar-refractivity contribution in [2.45, 2.75) is 19.4 Å². The summed E-state index contributed by atoms with van der Waals surface area (Å²) in [7, 11) is 1.53. The van der Waals surface area contributed by atoms with E-state index in [1.54, 1.807) is 6.07 Å². The molecule has 0 radical (unpaired) electrons. The molecule has 2 rings (SSSR count). The summed E-state index contributed by atoms with van der Waals surface area (Å²) in [6, 6.07) is 3.16. The molecule has 0 fully saturated rings. The van der Waals surface area contributed by atoms with E-state index in [1.165, 1.54) is 13.1 Å². The zero-order valence-electron chi connectivity index (χ0n) is 9.74. The molecule has 1 atom stereocenters. The lowest BCUT2D eigenvalue weighted by molar-refractivity contribution is 0.0958. The third kappa shape index (κ3) is 1.95. The van der Waals surface area contributed by atoms with Crippen LogP contribution in [0, 0.1) is 0 Å². The first-order valence-corrected chi connectivity index (χ1v) is 5.38. The van der Waals surface area contributed by atoms with Gasteiger partial charge in [0.1, 0.15) is 11.9 Å². The van der Waals surface area contributed by atoms with Gasteiger partial charge in [-0.1, -0.05) is 0 Å². The lowest BCUT2D eigenvalue weighted by Gasteiger charge is -2.09. The van der Waals surface area contributed by atoms with E-state index in [0.717, 1.165) is 5.56 Å². The highest BCUT2D eigenvalue weighted by molar-refractivity contribution is 6.01. The second-order valence-electron chi connectivity index (χ2n) is 4.09. The van der Waals surface area contributed by atoms with Crippen molar-refractivity contribution >= 4 is 11.8 Å². The maximum absolute atomic E-state index is 11.7. The summed E-state index contributed by atoms with van der Waals surface area (Å²) in [5, 5.41) is 2.52. The number of amides is 2. The summed E-state index contributed by atoms with van der Waals surface area (Å²) < 4.78 is 5.58. The molecule has 17 heavy (non-hydrogen) atoms. The fraction of sp³-hybridized carbons (Fsp3) is 0.333. The molecular weight excluding hydrogens is 220 g/mol. The predicted octanol–water partition coefficient (Wildman–Crippen LogP) is 0.468. The van der Waals surface area contributed by atoms with E-state index in [4.69, 9.17) is 10.5 Å². The van der Waals surface area contributed by atoms with Gasteiger partial charge in [0.05, 0.1) is 5.56 Å². The number of benzene rings is 1. The van der Waals surface area contributed by atoms with Crippen molar-refractivity contribution in [3.8, 4) is 5.75 Å². The minimum absolute atomic E-state index is 0.0107. The van der Waals surface area contributed by atoms with Crippen molar-refractivity contribution < 1.29 is 14.3 Å². The van der Waals surface area contributed by atoms with Gasteiger partial charge in [0.15, 0.2) is 0 Å². The molecule has 0 saturated carbocycles. The molecule has 1 aliphatic rings. The summed E-state index contributed by atoms with van der Waals surface area (Å²) in [5.74, 6) is -0.266. The van der Waals surface area contributed by atoms with Gasteiger partial charge in [0.25, 0.3) is 5.91 Å². The minimum Gasteiger partial charge on any atom is -0.489 e. The van der Waals surface area contributed by atoms with E-state index in [0.29, 0.717) is 23.3 Å². The molecule has 0 saturated heterocycles. The highest BCUT2D eigenvalue weighted by atomic mass is 16.5. The fourth-order valence-corrected chi connectivity index (χ4v) is 1.98. The van der Waals surface area contributed by atoms with Gasteiger partial charge >= 0.3 is 0 Å². The van der Waals surface area contributed by atoms with Crippen molar-refractivity contribution in [2.24, 2.45) is 5.73 Å². The van der Waals surface area contributed by atoms with Crippen LogP contribution in [0.3, 0.4) is 0 Å². The largest absolute Gasteiger partial charge is 0.489 e. The first-order chi connectivity index (χ1) is 8.02. The van der Waals surface area contributed by atoms with Gasteiger partial charge in [0.2, 0.25) is 5.91 Å². The van der Waals surface area contributed by atoms with E-state index < -0.39 is 5.91 Å². The number of rotatable bonds is 2. The van der Waals surface area contributed by atoms with Gasteiger partial charge in [-0.3, -0.25) is 9.59 Å². The SMILES string of the molecule is CNC(=O)c1cc(C(N)=O)cc2c1OC(C)C2. The van der Waals surface area contributed by atoms with Crippen LogP contribution >= 0.6 is 0 Å². The van der Waals surface area contributed by atoms with Crippen LogP contribution in [0.2, 0.25) is 0 Å². The van der Waals surface area contributed by atoms with Crippen molar-refractivity contribution in [2.75, 3.05) is 7.05 Å². The normalized spacial score (nSPS) is 17.2. The molecule has 5 heteroatoms. The van der Waals surface area contributed by atoms with Crippen molar-refractivity contribution in [3.63, 3.8) is 0 Å². The number of nitrogens with two attached hydrogens (primary N) is 1. The highest BCUT2D eigenvalue weighted by Gasteiger charge is 2.26. The molecule has 1 aromatic carbocycles. The number of hydrogen-bond acceptors (Lipinski definition) is 3. The van der Waals surface area contributed by atoms with Crippen LogP contribution in [-0.2, 0) is 6.42 Å². The minimum atomic E-state index is -0.544. The Kier molecular flexibility index (Phi) is 2.75. The molecule has 0 spiro atoms. The van der Waals surface area contributed by atoms with E-state index >= 15 is 0 Å². The van der Waals surface area contributed by atoms with E-state index in [2.05, 4.69) is 5.32 Å². The summed E-state index contributed by atoms with van der Waals surface area (Å²) in [4.78, 5) is 22.9. The van der Waals surface area contributed by atoms with Crippen LogP contribution in [-0.4, -0.2) is 25.0 Å². The van der Waals surface area contributed by atoms with E-state index in [1.807, 2.05) is 6.92 Å². The quantitative estimate of drug-likeness (QED) is 0.780. The van der Waals surface area contributed by atoms with Gasteiger partial charge in [-0.2, -0.15) is 0 Å². The van der Waals surface area contributed by atoms with Crippen LogP contribution in [0.15, 0.2) is 12.1 Å². The van der Waals surface area contributed by atoms with Crippen LogP contribution in [0.5, 0.6) is 5.75 Å². The van der Waals surface area contributed by atoms with Crippen molar-refractivity contribution in [1.29, 1.82) is 0 Å². The number of fused-ring (bicyclic) bond motifs is 1. The first kappa shape index (κ1) is 11.4. The Balaban J connectivity index is 2.57. The molecule has 0 aromatic heterocycles. The third-order valence-electron chi connectivity index (χ3n) is 2.75.